The second kappa shape index (κ2) is 5.31. The molecule has 5 heteroatoms. The summed E-state index contributed by atoms with van der Waals surface area (Å²) >= 11 is 0. The molecule has 1 rings (SSSR count). The number of nitrogen functional groups attached to an aromatic ring is 1. The van der Waals surface area contributed by atoms with Crippen LogP contribution in [0.1, 0.15) is 22.5 Å². The van der Waals surface area contributed by atoms with E-state index in [9.17, 15) is 4.79 Å². The number of hydrogen-bond donors (Lipinski definition) is 2. The second-order valence-corrected chi connectivity index (χ2v) is 3.11. The van der Waals surface area contributed by atoms with E-state index >= 15 is 0 Å². The van der Waals surface area contributed by atoms with Gasteiger partial charge in [0.25, 0.3) is 0 Å². The number of carbonyl (C=O) groups is 1. The number of esters is 1. The molecule has 0 saturated carbocycles. The highest BCUT2D eigenvalue weighted by Crippen LogP contribution is 2.10. The Morgan fingerprint density at radius 3 is 3.07 bits per heavy atom. The summed E-state index contributed by atoms with van der Waals surface area (Å²) in [7, 11) is 0. The fourth-order valence-corrected chi connectivity index (χ4v) is 1.06. The van der Waals surface area contributed by atoms with Gasteiger partial charge in [-0.2, -0.15) is 0 Å². The molecule has 15 heavy (non-hydrogen) atoms. The average molecular weight is 210 g/mol. The van der Waals surface area contributed by atoms with Crippen molar-refractivity contribution in [2.24, 2.45) is 0 Å². The first-order chi connectivity index (χ1) is 7.15. The maximum atomic E-state index is 11.5. The number of aromatic nitrogens is 1. The maximum absolute atomic E-state index is 11.5. The number of nitrogens with zero attached hydrogens (tertiary/aromatic N) is 1. The molecule has 5 nitrogen and oxygen atoms in total. The lowest BCUT2D eigenvalue weighted by atomic mass is 10.2. The Hall–Kier alpha value is -1.62. The van der Waals surface area contributed by atoms with Gasteiger partial charge in [-0.25, -0.2) is 4.79 Å². The Bertz CT molecular complexity index is 353. The van der Waals surface area contributed by atoms with Gasteiger partial charge in [0.05, 0.1) is 29.7 Å². The van der Waals surface area contributed by atoms with Crippen LogP contribution in [-0.4, -0.2) is 29.3 Å². The Kier molecular flexibility index (Phi) is 4.05. The summed E-state index contributed by atoms with van der Waals surface area (Å²) in [5.74, 6) is -0.458. The summed E-state index contributed by atoms with van der Waals surface area (Å²) in [6.45, 7) is 1.91. The van der Waals surface area contributed by atoms with Gasteiger partial charge in [0.2, 0.25) is 0 Å². The topological polar surface area (TPSA) is 85.4 Å². The van der Waals surface area contributed by atoms with Crippen molar-refractivity contribution in [1.29, 1.82) is 0 Å². The zero-order valence-corrected chi connectivity index (χ0v) is 8.56. The molecule has 0 aromatic carbocycles. The van der Waals surface area contributed by atoms with Crippen LogP contribution in [0, 0.1) is 6.92 Å². The van der Waals surface area contributed by atoms with Crippen molar-refractivity contribution in [2.45, 2.75) is 13.3 Å². The molecule has 0 amide bonds. The molecular weight excluding hydrogens is 196 g/mol. The zero-order chi connectivity index (χ0) is 11.3. The molecule has 0 atom stereocenters. The van der Waals surface area contributed by atoms with E-state index in [4.69, 9.17) is 15.6 Å². The van der Waals surface area contributed by atoms with E-state index in [1.165, 1.54) is 12.3 Å². The van der Waals surface area contributed by atoms with E-state index in [0.29, 0.717) is 23.4 Å². The van der Waals surface area contributed by atoms with Crippen molar-refractivity contribution in [3.05, 3.63) is 23.5 Å². The van der Waals surface area contributed by atoms with Gasteiger partial charge in [-0.3, -0.25) is 4.98 Å². The van der Waals surface area contributed by atoms with Crippen LogP contribution >= 0.6 is 0 Å². The molecule has 0 unspecified atom stereocenters. The van der Waals surface area contributed by atoms with Crippen LogP contribution < -0.4 is 5.73 Å². The third-order valence-corrected chi connectivity index (χ3v) is 1.86. The van der Waals surface area contributed by atoms with Crippen LogP contribution in [0.4, 0.5) is 5.69 Å². The molecular formula is C10H14N2O3. The third-order valence-electron chi connectivity index (χ3n) is 1.86. The number of carbonyl (C=O) groups excluding carboxylic acids is 1. The highest BCUT2D eigenvalue weighted by atomic mass is 16.5. The van der Waals surface area contributed by atoms with E-state index in [1.807, 2.05) is 0 Å². The van der Waals surface area contributed by atoms with Crippen molar-refractivity contribution in [2.75, 3.05) is 18.9 Å². The van der Waals surface area contributed by atoms with Crippen molar-refractivity contribution in [3.63, 3.8) is 0 Å². The molecule has 1 heterocycles. The molecule has 0 aliphatic heterocycles. The van der Waals surface area contributed by atoms with Crippen LogP contribution in [0.5, 0.6) is 0 Å². The molecule has 0 bridgehead atoms. The first-order valence-corrected chi connectivity index (χ1v) is 4.65. The molecule has 0 fully saturated rings. The number of aliphatic hydroxyl groups is 1. The fraction of sp³-hybridized carbons (Fsp3) is 0.400. The number of anilines is 1. The standard InChI is InChI=1S/C10H14N2O3/c1-7-9(5-8(11)6-12-7)10(14)15-4-2-3-13/h5-6,13H,2-4,11H2,1H3. The van der Waals surface area contributed by atoms with Crippen LogP contribution in [0.25, 0.3) is 0 Å². The van der Waals surface area contributed by atoms with Crippen LogP contribution in [0.15, 0.2) is 12.3 Å². The molecule has 82 valence electrons. The molecule has 0 radical (unpaired) electrons. The number of hydrogen-bond acceptors (Lipinski definition) is 5. The SMILES string of the molecule is Cc1ncc(N)cc1C(=O)OCCCO. The van der Waals surface area contributed by atoms with Gasteiger partial charge in [-0.1, -0.05) is 0 Å². The molecule has 1 aromatic heterocycles. The average Bonchev–Trinajstić information content (AvgIpc) is 2.22. The second-order valence-electron chi connectivity index (χ2n) is 3.11. The highest BCUT2D eigenvalue weighted by molar-refractivity contribution is 5.91. The Labute approximate surface area is 87.9 Å². The monoisotopic (exact) mass is 210 g/mol. The summed E-state index contributed by atoms with van der Waals surface area (Å²) in [5.41, 5.74) is 6.89. The van der Waals surface area contributed by atoms with Gasteiger partial charge in [-0.05, 0) is 13.0 Å². The Morgan fingerprint density at radius 2 is 2.40 bits per heavy atom. The number of nitrogens with two attached hydrogens (primary N) is 1. The quantitative estimate of drug-likeness (QED) is 0.558. The lowest BCUT2D eigenvalue weighted by Crippen LogP contribution is -2.10. The van der Waals surface area contributed by atoms with Crippen molar-refractivity contribution < 1.29 is 14.6 Å². The van der Waals surface area contributed by atoms with Gasteiger partial charge in [-0.15, -0.1) is 0 Å². The molecule has 3 N–H and O–H groups in total. The summed E-state index contributed by atoms with van der Waals surface area (Å²) in [5, 5.41) is 8.52. The molecule has 1 aromatic rings. The number of aryl methyl sites for hydroxylation is 1. The molecule has 0 spiro atoms. The van der Waals surface area contributed by atoms with E-state index in [1.54, 1.807) is 6.92 Å². The van der Waals surface area contributed by atoms with Crippen LogP contribution in [0.2, 0.25) is 0 Å². The molecule has 0 aliphatic carbocycles. The number of rotatable bonds is 4. The predicted octanol–water partition coefficient (Wildman–Crippen LogP) is 0.511. The fourth-order valence-electron chi connectivity index (χ4n) is 1.06. The van der Waals surface area contributed by atoms with Gasteiger partial charge >= 0.3 is 5.97 Å². The summed E-state index contributed by atoms with van der Waals surface area (Å²) < 4.78 is 4.91. The predicted molar refractivity (Wildman–Crippen MR) is 55.4 cm³/mol. The summed E-state index contributed by atoms with van der Waals surface area (Å²) in [6, 6.07) is 1.53. The van der Waals surface area contributed by atoms with E-state index in [0.717, 1.165) is 0 Å². The third kappa shape index (κ3) is 3.21. The van der Waals surface area contributed by atoms with E-state index in [2.05, 4.69) is 4.98 Å². The minimum absolute atomic E-state index is 0.00143. The minimum Gasteiger partial charge on any atom is -0.462 e. The van der Waals surface area contributed by atoms with Gasteiger partial charge in [0.1, 0.15) is 0 Å². The van der Waals surface area contributed by atoms with E-state index in [-0.39, 0.29) is 13.2 Å². The smallest absolute Gasteiger partial charge is 0.340 e. The Morgan fingerprint density at radius 1 is 1.67 bits per heavy atom. The first kappa shape index (κ1) is 11.5. The largest absolute Gasteiger partial charge is 0.462 e. The minimum atomic E-state index is -0.458. The Balaban J connectivity index is 2.68. The van der Waals surface area contributed by atoms with Crippen molar-refractivity contribution in [1.82, 2.24) is 4.98 Å². The summed E-state index contributed by atoms with van der Waals surface area (Å²) in [6.07, 6.45) is 1.92. The number of pyridine rings is 1. The lowest BCUT2D eigenvalue weighted by Gasteiger charge is -2.06. The van der Waals surface area contributed by atoms with Crippen molar-refractivity contribution in [3.8, 4) is 0 Å². The van der Waals surface area contributed by atoms with Crippen LogP contribution in [0.3, 0.4) is 0 Å². The van der Waals surface area contributed by atoms with Gasteiger partial charge in [0, 0.05) is 13.0 Å². The first-order valence-electron chi connectivity index (χ1n) is 4.65. The number of aliphatic hydroxyl groups excluding tert-OH is 1. The lowest BCUT2D eigenvalue weighted by molar-refractivity contribution is 0.0481. The van der Waals surface area contributed by atoms with Gasteiger partial charge in [0.15, 0.2) is 0 Å². The number of ether oxygens (including phenoxy) is 1. The normalized spacial score (nSPS) is 10.0. The molecule has 0 saturated heterocycles. The maximum Gasteiger partial charge on any atom is 0.340 e. The van der Waals surface area contributed by atoms with E-state index < -0.39 is 5.97 Å². The van der Waals surface area contributed by atoms with Gasteiger partial charge < -0.3 is 15.6 Å². The zero-order valence-electron chi connectivity index (χ0n) is 8.56. The summed E-state index contributed by atoms with van der Waals surface area (Å²) in [4.78, 5) is 15.4. The highest BCUT2D eigenvalue weighted by Gasteiger charge is 2.11. The van der Waals surface area contributed by atoms with Crippen LogP contribution in [-0.2, 0) is 4.74 Å². The van der Waals surface area contributed by atoms with Crippen molar-refractivity contribution >= 4 is 11.7 Å². The molecule has 0 aliphatic rings.